The molecular weight excluding hydrogens is 230 g/mol. The second-order valence-electron chi connectivity index (χ2n) is 4.68. The summed E-state index contributed by atoms with van der Waals surface area (Å²) in [6.07, 6.45) is 0. The van der Waals surface area contributed by atoms with Gasteiger partial charge < -0.3 is 10.4 Å². The molecule has 0 unspecified atom stereocenters. The van der Waals surface area contributed by atoms with Gasteiger partial charge in [0.15, 0.2) is 0 Å². The highest BCUT2D eigenvalue weighted by Gasteiger charge is 2.12. The molecule has 0 aliphatic heterocycles. The highest BCUT2D eigenvalue weighted by atomic mass is 16.4. The van der Waals surface area contributed by atoms with Gasteiger partial charge in [-0.15, -0.1) is 0 Å². The molecule has 0 amide bonds. The van der Waals surface area contributed by atoms with Crippen molar-refractivity contribution in [3.8, 4) is 0 Å². The molecule has 0 aliphatic carbocycles. The van der Waals surface area contributed by atoms with Gasteiger partial charge in [0.1, 0.15) is 6.54 Å². The fraction of sp³-hybridized carbons (Fsp3) is 0.385. The number of fused-ring (bicyclic) bond motifs is 1. The Morgan fingerprint density at radius 2 is 2.17 bits per heavy atom. The van der Waals surface area contributed by atoms with Crippen LogP contribution in [0, 0.1) is 5.92 Å². The Kier molecular flexibility index (Phi) is 3.50. The molecule has 5 nitrogen and oxygen atoms in total. The number of hydrogen-bond donors (Lipinski definition) is 2. The summed E-state index contributed by atoms with van der Waals surface area (Å²) in [5.41, 5.74) is 1.65. The zero-order valence-electron chi connectivity index (χ0n) is 10.6. The van der Waals surface area contributed by atoms with Gasteiger partial charge in [-0.1, -0.05) is 26.0 Å². The number of carbonyl (C=O) groups is 1. The van der Waals surface area contributed by atoms with Crippen LogP contribution in [0.3, 0.4) is 0 Å². The van der Waals surface area contributed by atoms with Crippen LogP contribution < -0.4 is 5.32 Å². The quantitative estimate of drug-likeness (QED) is 0.850. The summed E-state index contributed by atoms with van der Waals surface area (Å²) in [4.78, 5) is 15.4. The Hall–Kier alpha value is -2.04. The third-order valence-electron chi connectivity index (χ3n) is 2.62. The van der Waals surface area contributed by atoms with Crippen molar-refractivity contribution in [1.29, 1.82) is 0 Å². The summed E-state index contributed by atoms with van der Waals surface area (Å²) < 4.78 is 1.69. The molecule has 0 radical (unpaired) electrons. The van der Waals surface area contributed by atoms with Gasteiger partial charge in [-0.05, 0) is 18.1 Å². The van der Waals surface area contributed by atoms with Crippen molar-refractivity contribution in [2.75, 3.05) is 11.9 Å². The first-order valence-electron chi connectivity index (χ1n) is 5.99. The number of anilines is 1. The number of nitrogens with one attached hydrogen (secondary N) is 1. The Labute approximate surface area is 105 Å². The lowest BCUT2D eigenvalue weighted by Crippen LogP contribution is -2.16. The van der Waals surface area contributed by atoms with Crippen molar-refractivity contribution in [3.63, 3.8) is 0 Å². The van der Waals surface area contributed by atoms with Crippen LogP contribution in [0.1, 0.15) is 13.8 Å². The molecular formula is C13H17N3O2. The molecule has 5 heteroatoms. The molecule has 0 aliphatic rings. The smallest absolute Gasteiger partial charge is 0.323 e. The minimum absolute atomic E-state index is 0.0824. The number of carboxylic acids is 1. The third-order valence-corrected chi connectivity index (χ3v) is 2.62. The van der Waals surface area contributed by atoms with Gasteiger partial charge in [0, 0.05) is 6.54 Å². The molecule has 1 aromatic carbocycles. The highest BCUT2D eigenvalue weighted by molar-refractivity contribution is 5.81. The summed E-state index contributed by atoms with van der Waals surface area (Å²) in [6.45, 7) is 4.87. The van der Waals surface area contributed by atoms with E-state index < -0.39 is 5.97 Å². The minimum Gasteiger partial charge on any atom is -0.480 e. The average molecular weight is 247 g/mol. The monoisotopic (exact) mass is 247 g/mol. The van der Waals surface area contributed by atoms with Gasteiger partial charge >= 0.3 is 5.97 Å². The number of imidazole rings is 1. The zero-order chi connectivity index (χ0) is 13.1. The number of benzene rings is 1. The summed E-state index contributed by atoms with van der Waals surface area (Å²) in [6, 6.07) is 7.54. The SMILES string of the molecule is CC(C)CNc1nc2ccccc2n1CC(=O)O. The van der Waals surface area contributed by atoms with Crippen molar-refractivity contribution in [1.82, 2.24) is 9.55 Å². The molecule has 0 atom stereocenters. The number of aromatic nitrogens is 2. The number of rotatable bonds is 5. The van der Waals surface area contributed by atoms with Gasteiger partial charge in [-0.25, -0.2) is 4.98 Å². The molecule has 0 saturated carbocycles. The van der Waals surface area contributed by atoms with Crippen LogP contribution in [0.4, 0.5) is 5.95 Å². The summed E-state index contributed by atoms with van der Waals surface area (Å²) >= 11 is 0. The average Bonchev–Trinajstić information content (AvgIpc) is 2.64. The fourth-order valence-electron chi connectivity index (χ4n) is 1.80. The Morgan fingerprint density at radius 1 is 1.44 bits per heavy atom. The number of hydrogen-bond acceptors (Lipinski definition) is 3. The van der Waals surface area contributed by atoms with E-state index in [0.717, 1.165) is 17.6 Å². The Morgan fingerprint density at radius 3 is 2.83 bits per heavy atom. The molecule has 0 bridgehead atoms. The lowest BCUT2D eigenvalue weighted by atomic mass is 10.2. The van der Waals surface area contributed by atoms with Crippen LogP contribution >= 0.6 is 0 Å². The maximum Gasteiger partial charge on any atom is 0.323 e. The van der Waals surface area contributed by atoms with Gasteiger partial charge in [0.2, 0.25) is 5.95 Å². The zero-order valence-corrected chi connectivity index (χ0v) is 10.6. The van der Waals surface area contributed by atoms with Crippen LogP contribution in [0.2, 0.25) is 0 Å². The van der Waals surface area contributed by atoms with E-state index in [9.17, 15) is 4.79 Å². The summed E-state index contributed by atoms with van der Waals surface area (Å²) in [5.74, 6) is 0.223. The molecule has 0 saturated heterocycles. The molecule has 18 heavy (non-hydrogen) atoms. The second kappa shape index (κ2) is 5.08. The van der Waals surface area contributed by atoms with E-state index in [1.807, 2.05) is 24.3 Å². The van der Waals surface area contributed by atoms with Crippen molar-refractivity contribution >= 4 is 23.0 Å². The van der Waals surface area contributed by atoms with Crippen molar-refractivity contribution in [2.45, 2.75) is 20.4 Å². The predicted octanol–water partition coefficient (Wildman–Crippen LogP) is 2.19. The van der Waals surface area contributed by atoms with Crippen molar-refractivity contribution in [3.05, 3.63) is 24.3 Å². The first-order chi connectivity index (χ1) is 8.58. The Bertz CT molecular complexity index is 560. The molecule has 0 spiro atoms. The highest BCUT2D eigenvalue weighted by Crippen LogP contribution is 2.19. The van der Waals surface area contributed by atoms with Gasteiger partial charge in [-0.3, -0.25) is 9.36 Å². The first kappa shape index (κ1) is 12.4. The topological polar surface area (TPSA) is 67.2 Å². The number of para-hydroxylation sites is 2. The number of carboxylic acid groups (broad SMARTS) is 1. The molecule has 1 aromatic heterocycles. The molecule has 2 aromatic rings. The van der Waals surface area contributed by atoms with E-state index >= 15 is 0 Å². The van der Waals surface area contributed by atoms with E-state index in [4.69, 9.17) is 5.11 Å². The second-order valence-corrected chi connectivity index (χ2v) is 4.68. The van der Waals surface area contributed by atoms with Crippen LogP contribution in [0.25, 0.3) is 11.0 Å². The largest absolute Gasteiger partial charge is 0.480 e. The predicted molar refractivity (Wildman–Crippen MR) is 70.7 cm³/mol. The van der Waals surface area contributed by atoms with E-state index in [1.165, 1.54) is 0 Å². The Balaban J connectivity index is 2.39. The fourth-order valence-corrected chi connectivity index (χ4v) is 1.80. The van der Waals surface area contributed by atoms with Crippen molar-refractivity contribution in [2.24, 2.45) is 5.92 Å². The molecule has 0 fully saturated rings. The normalized spacial score (nSPS) is 11.1. The summed E-state index contributed by atoms with van der Waals surface area (Å²) in [5, 5.41) is 12.2. The van der Waals surface area contributed by atoms with Gasteiger partial charge in [0.05, 0.1) is 11.0 Å². The van der Waals surface area contributed by atoms with Gasteiger partial charge in [0.25, 0.3) is 0 Å². The standard InChI is InChI=1S/C13H17N3O2/c1-9(2)7-14-13-15-10-5-3-4-6-11(10)16(13)8-12(17)18/h3-6,9H,7-8H2,1-2H3,(H,14,15)(H,17,18). The molecule has 2 N–H and O–H groups in total. The van der Waals surface area contributed by atoms with E-state index in [0.29, 0.717) is 11.9 Å². The summed E-state index contributed by atoms with van der Waals surface area (Å²) in [7, 11) is 0. The third kappa shape index (κ3) is 2.61. The minimum atomic E-state index is -0.870. The van der Waals surface area contributed by atoms with E-state index in [1.54, 1.807) is 4.57 Å². The van der Waals surface area contributed by atoms with E-state index in [-0.39, 0.29) is 6.54 Å². The van der Waals surface area contributed by atoms with Crippen LogP contribution in [-0.2, 0) is 11.3 Å². The van der Waals surface area contributed by atoms with Gasteiger partial charge in [-0.2, -0.15) is 0 Å². The van der Waals surface area contributed by atoms with Crippen LogP contribution in [0.5, 0.6) is 0 Å². The van der Waals surface area contributed by atoms with Crippen LogP contribution in [-0.4, -0.2) is 27.2 Å². The molecule has 96 valence electrons. The molecule has 2 rings (SSSR count). The number of nitrogens with zero attached hydrogens (tertiary/aromatic N) is 2. The van der Waals surface area contributed by atoms with Crippen LogP contribution in [0.15, 0.2) is 24.3 Å². The molecule has 1 heterocycles. The lowest BCUT2D eigenvalue weighted by molar-refractivity contribution is -0.137. The first-order valence-corrected chi connectivity index (χ1v) is 5.99. The van der Waals surface area contributed by atoms with E-state index in [2.05, 4.69) is 24.1 Å². The maximum absolute atomic E-state index is 10.9. The van der Waals surface area contributed by atoms with Crippen molar-refractivity contribution < 1.29 is 9.90 Å². The lowest BCUT2D eigenvalue weighted by Gasteiger charge is -2.10. The number of aliphatic carboxylic acids is 1. The maximum atomic E-state index is 10.9.